The molecule has 31 heavy (non-hydrogen) atoms. The van der Waals surface area contributed by atoms with E-state index < -0.39 is 0 Å². The molecule has 2 aromatic rings. The standard InChI is InChI=1S/C23H28N4O4/c1-14-12-27(13-15(2)31-14)22-7-5-19(6-8-22)26-23(30)18-9-20(24-16(3)28)11-21(10-18)25-17(4)29/h5-11,14-15H,12-13H2,1-4H3,(H,24,28)(H,25,29)(H,26,30). The Balaban J connectivity index is 1.74. The Bertz CT molecular complexity index is 930. The van der Waals surface area contributed by atoms with Crippen LogP contribution in [0.1, 0.15) is 38.1 Å². The van der Waals surface area contributed by atoms with Crippen molar-refractivity contribution < 1.29 is 19.1 Å². The third-order valence-corrected chi connectivity index (χ3v) is 4.75. The zero-order valence-electron chi connectivity index (χ0n) is 18.2. The van der Waals surface area contributed by atoms with Crippen molar-refractivity contribution in [3.05, 3.63) is 48.0 Å². The monoisotopic (exact) mass is 424 g/mol. The Morgan fingerprint density at radius 2 is 1.32 bits per heavy atom. The molecule has 3 rings (SSSR count). The largest absolute Gasteiger partial charge is 0.372 e. The zero-order valence-corrected chi connectivity index (χ0v) is 18.2. The summed E-state index contributed by atoms with van der Waals surface area (Å²) in [5.74, 6) is -0.887. The predicted octanol–water partition coefficient (Wildman–Crippen LogP) is 3.47. The number of morpholine rings is 1. The van der Waals surface area contributed by atoms with E-state index in [0.29, 0.717) is 22.6 Å². The van der Waals surface area contributed by atoms with Crippen LogP contribution in [0.5, 0.6) is 0 Å². The molecular weight excluding hydrogens is 396 g/mol. The van der Waals surface area contributed by atoms with Gasteiger partial charge in [-0.15, -0.1) is 0 Å². The normalized spacial score (nSPS) is 18.3. The molecular formula is C23H28N4O4. The Morgan fingerprint density at radius 3 is 1.81 bits per heavy atom. The Labute approximate surface area is 182 Å². The van der Waals surface area contributed by atoms with E-state index in [-0.39, 0.29) is 29.9 Å². The highest BCUT2D eigenvalue weighted by Crippen LogP contribution is 2.24. The summed E-state index contributed by atoms with van der Waals surface area (Å²) >= 11 is 0. The first-order chi connectivity index (χ1) is 14.7. The molecule has 0 aromatic heterocycles. The van der Waals surface area contributed by atoms with Crippen molar-refractivity contribution in [3.63, 3.8) is 0 Å². The lowest BCUT2D eigenvalue weighted by molar-refractivity contribution is -0.115. The van der Waals surface area contributed by atoms with E-state index in [0.717, 1.165) is 18.8 Å². The first-order valence-corrected chi connectivity index (χ1v) is 10.2. The van der Waals surface area contributed by atoms with Gasteiger partial charge in [-0.05, 0) is 56.3 Å². The van der Waals surface area contributed by atoms with Gasteiger partial charge in [-0.1, -0.05) is 0 Å². The first kappa shape index (κ1) is 22.3. The molecule has 3 amide bonds. The number of benzene rings is 2. The summed E-state index contributed by atoms with van der Waals surface area (Å²) in [5, 5.41) is 8.14. The number of ether oxygens (including phenoxy) is 1. The summed E-state index contributed by atoms with van der Waals surface area (Å²) in [7, 11) is 0. The van der Waals surface area contributed by atoms with Crippen molar-refractivity contribution in [2.45, 2.75) is 39.9 Å². The minimum atomic E-state index is -0.347. The molecule has 1 aliphatic rings. The molecule has 1 aliphatic heterocycles. The van der Waals surface area contributed by atoms with Gasteiger partial charge in [0.15, 0.2) is 0 Å². The van der Waals surface area contributed by atoms with Gasteiger partial charge in [0.25, 0.3) is 5.91 Å². The number of hydrogen-bond acceptors (Lipinski definition) is 5. The van der Waals surface area contributed by atoms with Crippen LogP contribution in [0.3, 0.4) is 0 Å². The molecule has 8 heteroatoms. The quantitative estimate of drug-likeness (QED) is 0.683. The summed E-state index contributed by atoms with van der Waals surface area (Å²) in [6.45, 7) is 8.50. The van der Waals surface area contributed by atoms with Crippen LogP contribution in [0.15, 0.2) is 42.5 Å². The number of amides is 3. The maximum atomic E-state index is 12.8. The lowest BCUT2D eigenvalue weighted by Gasteiger charge is -2.36. The molecule has 3 N–H and O–H groups in total. The molecule has 0 bridgehead atoms. The third kappa shape index (κ3) is 6.29. The zero-order chi connectivity index (χ0) is 22.5. The van der Waals surface area contributed by atoms with E-state index in [1.807, 2.05) is 24.3 Å². The van der Waals surface area contributed by atoms with E-state index in [1.165, 1.54) is 13.8 Å². The molecule has 0 saturated carbocycles. The summed E-state index contributed by atoms with van der Waals surface area (Å²) in [5.41, 5.74) is 2.88. The number of nitrogens with one attached hydrogen (secondary N) is 3. The van der Waals surface area contributed by atoms with Crippen LogP contribution in [-0.2, 0) is 14.3 Å². The summed E-state index contributed by atoms with van der Waals surface area (Å²) in [6.07, 6.45) is 0.327. The fourth-order valence-corrected chi connectivity index (χ4v) is 3.66. The molecule has 1 saturated heterocycles. The Morgan fingerprint density at radius 1 is 0.806 bits per heavy atom. The number of nitrogens with zero attached hydrogens (tertiary/aromatic N) is 1. The van der Waals surface area contributed by atoms with Gasteiger partial charge in [0.05, 0.1) is 12.2 Å². The second kappa shape index (κ2) is 9.61. The number of anilines is 4. The van der Waals surface area contributed by atoms with Crippen molar-refractivity contribution >= 4 is 40.5 Å². The molecule has 2 unspecified atom stereocenters. The van der Waals surface area contributed by atoms with Crippen LogP contribution < -0.4 is 20.9 Å². The lowest BCUT2D eigenvalue weighted by atomic mass is 10.1. The molecule has 1 fully saturated rings. The van der Waals surface area contributed by atoms with E-state index >= 15 is 0 Å². The summed E-state index contributed by atoms with van der Waals surface area (Å²) in [4.78, 5) is 37.9. The van der Waals surface area contributed by atoms with E-state index in [1.54, 1.807) is 18.2 Å². The van der Waals surface area contributed by atoms with E-state index in [2.05, 4.69) is 34.7 Å². The van der Waals surface area contributed by atoms with Crippen LogP contribution in [0.25, 0.3) is 0 Å². The second-order valence-electron chi connectivity index (χ2n) is 7.82. The summed E-state index contributed by atoms with van der Waals surface area (Å²) in [6, 6.07) is 12.4. The van der Waals surface area contributed by atoms with Gasteiger partial charge in [0.2, 0.25) is 11.8 Å². The maximum absolute atomic E-state index is 12.8. The first-order valence-electron chi connectivity index (χ1n) is 10.2. The van der Waals surface area contributed by atoms with Crippen LogP contribution in [0, 0.1) is 0 Å². The van der Waals surface area contributed by atoms with Crippen molar-refractivity contribution in [1.29, 1.82) is 0 Å². The van der Waals surface area contributed by atoms with Gasteiger partial charge in [0, 0.05) is 55.2 Å². The van der Waals surface area contributed by atoms with Gasteiger partial charge in [-0.2, -0.15) is 0 Å². The smallest absolute Gasteiger partial charge is 0.255 e. The van der Waals surface area contributed by atoms with Crippen LogP contribution in [-0.4, -0.2) is 43.0 Å². The average molecular weight is 425 g/mol. The second-order valence-corrected chi connectivity index (χ2v) is 7.82. The number of carbonyl (C=O) groups is 3. The van der Waals surface area contributed by atoms with E-state index in [9.17, 15) is 14.4 Å². The molecule has 0 radical (unpaired) electrons. The SMILES string of the molecule is CC(=O)Nc1cc(NC(C)=O)cc(C(=O)Nc2ccc(N3CC(C)OC(C)C3)cc2)c1. The number of hydrogen-bond donors (Lipinski definition) is 3. The highest BCUT2D eigenvalue weighted by molar-refractivity contribution is 6.06. The van der Waals surface area contributed by atoms with Gasteiger partial charge < -0.3 is 25.6 Å². The molecule has 164 valence electrons. The Kier molecular flexibility index (Phi) is 6.91. The van der Waals surface area contributed by atoms with Crippen LogP contribution in [0.4, 0.5) is 22.7 Å². The molecule has 2 aromatic carbocycles. The number of rotatable bonds is 5. The van der Waals surface area contributed by atoms with Gasteiger partial charge >= 0.3 is 0 Å². The highest BCUT2D eigenvalue weighted by atomic mass is 16.5. The molecule has 2 atom stereocenters. The van der Waals surface area contributed by atoms with Gasteiger partial charge in [0.1, 0.15) is 0 Å². The molecule has 0 aliphatic carbocycles. The maximum Gasteiger partial charge on any atom is 0.255 e. The van der Waals surface area contributed by atoms with Crippen LogP contribution in [0.2, 0.25) is 0 Å². The fraction of sp³-hybridized carbons (Fsp3) is 0.348. The summed E-state index contributed by atoms with van der Waals surface area (Å²) < 4.78 is 5.78. The number of carbonyl (C=O) groups excluding carboxylic acids is 3. The predicted molar refractivity (Wildman–Crippen MR) is 122 cm³/mol. The highest BCUT2D eigenvalue weighted by Gasteiger charge is 2.22. The van der Waals surface area contributed by atoms with Crippen molar-refractivity contribution in [3.8, 4) is 0 Å². The van der Waals surface area contributed by atoms with Gasteiger partial charge in [-0.3, -0.25) is 14.4 Å². The van der Waals surface area contributed by atoms with Crippen molar-refractivity contribution in [2.24, 2.45) is 0 Å². The Hall–Kier alpha value is -3.39. The topological polar surface area (TPSA) is 99.8 Å². The molecule has 0 spiro atoms. The van der Waals surface area contributed by atoms with Crippen LogP contribution >= 0.6 is 0 Å². The average Bonchev–Trinajstić information content (AvgIpc) is 2.66. The van der Waals surface area contributed by atoms with Gasteiger partial charge in [-0.25, -0.2) is 0 Å². The van der Waals surface area contributed by atoms with E-state index in [4.69, 9.17) is 4.74 Å². The van der Waals surface area contributed by atoms with Crippen molar-refractivity contribution in [2.75, 3.05) is 33.9 Å². The molecule has 8 nitrogen and oxygen atoms in total. The fourth-order valence-electron chi connectivity index (χ4n) is 3.66. The van der Waals surface area contributed by atoms with Crippen molar-refractivity contribution in [1.82, 2.24) is 0 Å². The third-order valence-electron chi connectivity index (χ3n) is 4.75. The molecule has 1 heterocycles. The minimum Gasteiger partial charge on any atom is -0.372 e. The lowest BCUT2D eigenvalue weighted by Crippen LogP contribution is -2.45. The minimum absolute atomic E-state index is 0.164.